The molecule has 0 saturated carbocycles. The van der Waals surface area contributed by atoms with Crippen molar-refractivity contribution in [2.45, 2.75) is 0 Å². The van der Waals surface area contributed by atoms with Crippen LogP contribution in [0.3, 0.4) is 0 Å². The normalized spacial score (nSPS) is 8.17. The molecule has 0 heterocycles. The molecule has 0 rings (SSSR count). The van der Waals surface area contributed by atoms with Crippen LogP contribution < -0.4 is 11.3 Å². The van der Waals surface area contributed by atoms with Crippen molar-refractivity contribution < 1.29 is 0 Å². The molecule has 6 heavy (non-hydrogen) atoms. The van der Waals surface area contributed by atoms with Gasteiger partial charge in [-0.05, 0) is 6.72 Å². The van der Waals surface area contributed by atoms with E-state index in [1.165, 1.54) is 0 Å². The average Bonchev–Trinajstić information content (AvgIpc) is 1.61. The SMILES string of the molecule is C=NCCNN. The van der Waals surface area contributed by atoms with E-state index in [1.54, 1.807) is 0 Å². The molecule has 3 N–H and O–H groups in total. The molecule has 0 saturated heterocycles. The summed E-state index contributed by atoms with van der Waals surface area (Å²) in [5.74, 6) is 4.88. The van der Waals surface area contributed by atoms with Crippen molar-refractivity contribution in [1.82, 2.24) is 5.43 Å². The van der Waals surface area contributed by atoms with Gasteiger partial charge in [-0.25, -0.2) is 0 Å². The molecule has 0 aliphatic rings. The maximum absolute atomic E-state index is 4.88. The molecule has 0 fully saturated rings. The van der Waals surface area contributed by atoms with Crippen molar-refractivity contribution >= 4 is 6.72 Å². The first-order valence-electron chi connectivity index (χ1n) is 1.77. The van der Waals surface area contributed by atoms with Gasteiger partial charge in [-0.3, -0.25) is 16.3 Å². The molecule has 0 bridgehead atoms. The van der Waals surface area contributed by atoms with Crippen LogP contribution in [0.2, 0.25) is 0 Å². The minimum absolute atomic E-state index is 0.691. The van der Waals surface area contributed by atoms with Crippen LogP contribution in [-0.2, 0) is 0 Å². The first-order valence-corrected chi connectivity index (χ1v) is 1.77. The maximum atomic E-state index is 4.88. The van der Waals surface area contributed by atoms with E-state index >= 15 is 0 Å². The molecule has 0 spiro atoms. The highest BCUT2D eigenvalue weighted by Gasteiger charge is 1.69. The number of hydrogen-bond donors (Lipinski definition) is 2. The predicted octanol–water partition coefficient (Wildman–Crippen LogP) is -0.850. The molecule has 0 unspecified atom stereocenters. The molecular weight excluding hydrogens is 78.1 g/mol. The Morgan fingerprint density at radius 2 is 2.50 bits per heavy atom. The molecule has 0 aromatic heterocycles. The molecule has 0 amide bonds. The van der Waals surface area contributed by atoms with E-state index in [0.29, 0.717) is 13.1 Å². The quantitative estimate of drug-likeness (QED) is 0.204. The third-order valence-corrected chi connectivity index (χ3v) is 0.414. The Balaban J connectivity index is 2.49. The van der Waals surface area contributed by atoms with Gasteiger partial charge >= 0.3 is 0 Å². The summed E-state index contributed by atoms with van der Waals surface area (Å²) >= 11 is 0. The Hall–Kier alpha value is -0.410. The van der Waals surface area contributed by atoms with Crippen LogP contribution in [0.5, 0.6) is 0 Å². The third-order valence-electron chi connectivity index (χ3n) is 0.414. The predicted molar refractivity (Wildman–Crippen MR) is 26.6 cm³/mol. The van der Waals surface area contributed by atoms with Crippen molar-refractivity contribution in [3.8, 4) is 0 Å². The zero-order valence-corrected chi connectivity index (χ0v) is 3.65. The van der Waals surface area contributed by atoms with Crippen LogP contribution in [0.25, 0.3) is 0 Å². The molecule has 36 valence electrons. The first-order chi connectivity index (χ1) is 2.91. The fourth-order valence-corrected chi connectivity index (χ4v) is 0.144. The van der Waals surface area contributed by atoms with E-state index in [2.05, 4.69) is 17.1 Å². The van der Waals surface area contributed by atoms with Gasteiger partial charge in [0.25, 0.3) is 0 Å². The second-order valence-electron chi connectivity index (χ2n) is 0.901. The fourth-order valence-electron chi connectivity index (χ4n) is 0.144. The Kier molecular flexibility index (Phi) is 4.28. The molecule has 0 aliphatic heterocycles. The lowest BCUT2D eigenvalue weighted by atomic mass is 10.7. The number of rotatable bonds is 3. The van der Waals surface area contributed by atoms with Crippen LogP contribution in [0.1, 0.15) is 0 Å². The summed E-state index contributed by atoms with van der Waals surface area (Å²) in [5.41, 5.74) is 2.43. The summed E-state index contributed by atoms with van der Waals surface area (Å²) in [6.45, 7) is 4.66. The van der Waals surface area contributed by atoms with Crippen LogP contribution >= 0.6 is 0 Å². The Labute approximate surface area is 37.2 Å². The second-order valence-corrected chi connectivity index (χ2v) is 0.901. The molecule has 0 radical (unpaired) electrons. The van der Waals surface area contributed by atoms with Crippen molar-refractivity contribution in [2.24, 2.45) is 10.8 Å². The highest BCUT2D eigenvalue weighted by atomic mass is 15.2. The number of aliphatic imine (C=N–C) groups is 1. The van der Waals surface area contributed by atoms with Gasteiger partial charge in [-0.2, -0.15) is 0 Å². The lowest BCUT2D eigenvalue weighted by Gasteiger charge is -1.86. The standard InChI is InChI=1S/C3H9N3/c1-5-2-3-6-4/h6H,1-4H2. The van der Waals surface area contributed by atoms with Crippen LogP contribution in [0.15, 0.2) is 4.99 Å². The maximum Gasteiger partial charge on any atom is 0.0520 e. The summed E-state index contributed by atoms with van der Waals surface area (Å²) in [4.78, 5) is 3.53. The lowest BCUT2D eigenvalue weighted by molar-refractivity contribution is 0.740. The number of nitrogens with two attached hydrogens (primary N) is 1. The first kappa shape index (κ1) is 5.59. The Morgan fingerprint density at radius 3 is 2.67 bits per heavy atom. The summed E-state index contributed by atoms with van der Waals surface area (Å²) in [7, 11) is 0. The smallest absolute Gasteiger partial charge is 0.0520 e. The number of hydrazine groups is 1. The van der Waals surface area contributed by atoms with Gasteiger partial charge < -0.3 is 0 Å². The average molecular weight is 87.1 g/mol. The van der Waals surface area contributed by atoms with Gasteiger partial charge in [0.15, 0.2) is 0 Å². The van der Waals surface area contributed by atoms with Gasteiger partial charge in [0.2, 0.25) is 0 Å². The second kappa shape index (κ2) is 4.59. The molecule has 0 aromatic carbocycles. The minimum atomic E-state index is 0.691. The highest BCUT2D eigenvalue weighted by Crippen LogP contribution is 1.55. The van der Waals surface area contributed by atoms with Crippen LogP contribution in [-0.4, -0.2) is 19.8 Å². The zero-order chi connectivity index (χ0) is 4.83. The lowest BCUT2D eigenvalue weighted by Crippen LogP contribution is -2.24. The summed E-state index contributed by atoms with van der Waals surface area (Å²) in [6, 6.07) is 0. The van der Waals surface area contributed by atoms with Crippen molar-refractivity contribution in [3.05, 3.63) is 0 Å². The van der Waals surface area contributed by atoms with Crippen LogP contribution in [0.4, 0.5) is 0 Å². The van der Waals surface area contributed by atoms with Crippen LogP contribution in [0, 0.1) is 0 Å². The molecule has 3 heteroatoms. The minimum Gasteiger partial charge on any atom is -0.300 e. The molecule has 0 atom stereocenters. The zero-order valence-electron chi connectivity index (χ0n) is 3.65. The Bertz CT molecular complexity index is 35.0. The van der Waals surface area contributed by atoms with Crippen molar-refractivity contribution in [1.29, 1.82) is 0 Å². The topological polar surface area (TPSA) is 50.4 Å². The number of hydrogen-bond acceptors (Lipinski definition) is 3. The Morgan fingerprint density at radius 1 is 1.83 bits per heavy atom. The molecular formula is C3H9N3. The van der Waals surface area contributed by atoms with E-state index < -0.39 is 0 Å². The van der Waals surface area contributed by atoms with Crippen molar-refractivity contribution in [3.63, 3.8) is 0 Å². The van der Waals surface area contributed by atoms with Gasteiger partial charge in [-0.15, -0.1) is 0 Å². The van der Waals surface area contributed by atoms with Gasteiger partial charge in [-0.1, -0.05) is 0 Å². The van der Waals surface area contributed by atoms with E-state index in [1.807, 2.05) is 0 Å². The molecule has 3 nitrogen and oxygen atoms in total. The number of nitrogens with zero attached hydrogens (tertiary/aromatic N) is 1. The van der Waals surface area contributed by atoms with Crippen molar-refractivity contribution in [2.75, 3.05) is 13.1 Å². The third kappa shape index (κ3) is 3.59. The summed E-state index contributed by atoms with van der Waals surface area (Å²) < 4.78 is 0. The van der Waals surface area contributed by atoms with E-state index in [9.17, 15) is 0 Å². The van der Waals surface area contributed by atoms with Gasteiger partial charge in [0, 0.05) is 6.54 Å². The highest BCUT2D eigenvalue weighted by molar-refractivity contribution is 5.23. The van der Waals surface area contributed by atoms with E-state index in [-0.39, 0.29) is 0 Å². The van der Waals surface area contributed by atoms with Gasteiger partial charge in [0.05, 0.1) is 6.54 Å². The number of nitrogens with one attached hydrogen (secondary N) is 1. The van der Waals surface area contributed by atoms with E-state index in [0.717, 1.165) is 0 Å². The van der Waals surface area contributed by atoms with Gasteiger partial charge in [0.1, 0.15) is 0 Å². The molecule has 0 aliphatic carbocycles. The van der Waals surface area contributed by atoms with E-state index in [4.69, 9.17) is 5.84 Å². The largest absolute Gasteiger partial charge is 0.300 e. The molecule has 0 aromatic rings. The summed E-state index contributed by atoms with van der Waals surface area (Å²) in [5, 5.41) is 0. The monoisotopic (exact) mass is 87.1 g/mol. The summed E-state index contributed by atoms with van der Waals surface area (Å²) in [6.07, 6.45) is 0. The fraction of sp³-hybridized carbons (Fsp3) is 0.667.